The van der Waals surface area contributed by atoms with Crippen molar-refractivity contribution in [3.63, 3.8) is 0 Å². The average molecular weight is 294 g/mol. The van der Waals surface area contributed by atoms with Gasteiger partial charge in [-0.05, 0) is 50.9 Å². The first-order valence-corrected chi connectivity index (χ1v) is 8.39. The molecule has 0 aromatic carbocycles. The lowest BCUT2D eigenvalue weighted by atomic mass is 9.87. The van der Waals surface area contributed by atoms with E-state index < -0.39 is 0 Å². The average Bonchev–Trinajstić information content (AvgIpc) is 3.11. The highest BCUT2D eigenvalue weighted by atomic mass is 16.6. The molecule has 3 rings (SSSR count). The molecular weight excluding hydrogens is 268 g/mol. The van der Waals surface area contributed by atoms with Crippen molar-refractivity contribution in [1.29, 1.82) is 0 Å². The van der Waals surface area contributed by atoms with Gasteiger partial charge in [0, 0.05) is 25.0 Å². The van der Waals surface area contributed by atoms with E-state index in [0.29, 0.717) is 25.6 Å². The smallest absolute Gasteiger partial charge is 0.409 e. The molecule has 2 bridgehead atoms. The third-order valence-corrected chi connectivity index (χ3v) is 5.44. The molecule has 2 saturated carbocycles. The summed E-state index contributed by atoms with van der Waals surface area (Å²) in [4.78, 5) is 25.8. The van der Waals surface area contributed by atoms with Crippen LogP contribution >= 0.6 is 0 Å². The topological polar surface area (TPSA) is 58.6 Å². The van der Waals surface area contributed by atoms with Gasteiger partial charge < -0.3 is 15.0 Å². The Kier molecular flexibility index (Phi) is 4.36. The molecule has 0 spiro atoms. The van der Waals surface area contributed by atoms with E-state index in [1.54, 1.807) is 4.90 Å². The minimum atomic E-state index is -0.227. The van der Waals surface area contributed by atoms with E-state index in [4.69, 9.17) is 4.74 Å². The predicted molar refractivity (Wildman–Crippen MR) is 78.7 cm³/mol. The van der Waals surface area contributed by atoms with Gasteiger partial charge in [-0.25, -0.2) is 4.79 Å². The molecule has 3 atom stereocenters. The highest BCUT2D eigenvalue weighted by molar-refractivity contribution is 5.79. The number of likely N-dealkylation sites (tertiary alicyclic amines) is 1. The summed E-state index contributed by atoms with van der Waals surface area (Å²) in [5.41, 5.74) is 0. The van der Waals surface area contributed by atoms with Gasteiger partial charge in [-0.3, -0.25) is 4.79 Å². The van der Waals surface area contributed by atoms with Gasteiger partial charge in [0.15, 0.2) is 0 Å². The molecule has 2 amide bonds. The molecule has 5 nitrogen and oxygen atoms in total. The summed E-state index contributed by atoms with van der Waals surface area (Å²) in [6.07, 6.45) is 6.38. The molecular formula is C16H26N2O3. The molecule has 0 unspecified atom stereocenters. The van der Waals surface area contributed by atoms with E-state index in [2.05, 4.69) is 5.32 Å². The van der Waals surface area contributed by atoms with Crippen molar-refractivity contribution < 1.29 is 14.3 Å². The third-order valence-electron chi connectivity index (χ3n) is 5.44. The minimum absolute atomic E-state index is 0.224. The second-order valence-corrected chi connectivity index (χ2v) is 6.75. The molecule has 3 aliphatic rings. The Morgan fingerprint density at radius 1 is 1.14 bits per heavy atom. The maximum Gasteiger partial charge on any atom is 0.409 e. The van der Waals surface area contributed by atoms with Gasteiger partial charge in [0.2, 0.25) is 5.91 Å². The Morgan fingerprint density at radius 2 is 1.90 bits per heavy atom. The Labute approximate surface area is 126 Å². The second-order valence-electron chi connectivity index (χ2n) is 6.75. The Hall–Kier alpha value is -1.26. The summed E-state index contributed by atoms with van der Waals surface area (Å²) < 4.78 is 5.01. The zero-order valence-electron chi connectivity index (χ0n) is 12.8. The lowest BCUT2D eigenvalue weighted by Gasteiger charge is -2.32. The number of carbonyl (C=O) groups excluding carboxylic acids is 2. The first-order chi connectivity index (χ1) is 10.2. The molecule has 5 heteroatoms. The summed E-state index contributed by atoms with van der Waals surface area (Å²) in [6.45, 7) is 3.60. The van der Waals surface area contributed by atoms with E-state index in [0.717, 1.165) is 25.2 Å². The Balaban J connectivity index is 1.43. The van der Waals surface area contributed by atoms with E-state index in [1.165, 1.54) is 19.3 Å². The molecule has 1 aliphatic heterocycles. The van der Waals surface area contributed by atoms with Gasteiger partial charge in [-0.1, -0.05) is 6.42 Å². The van der Waals surface area contributed by atoms with Gasteiger partial charge in [-0.2, -0.15) is 0 Å². The maximum atomic E-state index is 12.4. The highest BCUT2D eigenvalue weighted by Crippen LogP contribution is 2.48. The van der Waals surface area contributed by atoms with Crippen LogP contribution in [0.15, 0.2) is 0 Å². The summed E-state index contributed by atoms with van der Waals surface area (Å²) in [6, 6.07) is 0.224. The normalized spacial score (nSPS) is 32.2. The quantitative estimate of drug-likeness (QED) is 0.867. The number of nitrogens with zero attached hydrogens (tertiary/aromatic N) is 1. The van der Waals surface area contributed by atoms with E-state index in [1.807, 2.05) is 6.92 Å². The number of amides is 2. The zero-order chi connectivity index (χ0) is 14.8. The Bertz CT molecular complexity index is 404. The monoisotopic (exact) mass is 294 g/mol. The fraction of sp³-hybridized carbons (Fsp3) is 0.875. The summed E-state index contributed by atoms with van der Waals surface area (Å²) in [7, 11) is 0. The number of rotatable bonds is 3. The second kappa shape index (κ2) is 6.24. The number of ether oxygens (including phenoxy) is 1. The molecule has 1 heterocycles. The van der Waals surface area contributed by atoms with Crippen molar-refractivity contribution in [3.8, 4) is 0 Å². The van der Waals surface area contributed by atoms with Crippen molar-refractivity contribution in [2.75, 3.05) is 19.7 Å². The molecule has 1 saturated heterocycles. The van der Waals surface area contributed by atoms with Crippen LogP contribution in [-0.2, 0) is 9.53 Å². The number of hydrogen-bond donors (Lipinski definition) is 1. The summed E-state index contributed by atoms with van der Waals surface area (Å²) in [5, 5.41) is 3.22. The lowest BCUT2D eigenvalue weighted by molar-refractivity contribution is -0.127. The van der Waals surface area contributed by atoms with Crippen molar-refractivity contribution in [3.05, 3.63) is 0 Å². The fourth-order valence-corrected chi connectivity index (χ4v) is 4.30. The molecule has 2 aliphatic carbocycles. The standard InChI is InChI=1S/C16H26N2O3/c1-2-21-16(20)18-7-5-13(6-8-18)17-15(19)14-10-11-3-4-12(14)9-11/h11-14H,2-10H2,1H3,(H,17,19)/t11-,12-,14-/m0/s1. The lowest BCUT2D eigenvalue weighted by Crippen LogP contribution is -2.48. The van der Waals surface area contributed by atoms with Crippen LogP contribution in [0.25, 0.3) is 0 Å². The van der Waals surface area contributed by atoms with E-state index in [9.17, 15) is 9.59 Å². The number of carbonyl (C=O) groups is 2. The molecule has 118 valence electrons. The molecule has 0 radical (unpaired) electrons. The van der Waals surface area contributed by atoms with Crippen LogP contribution in [0.4, 0.5) is 4.79 Å². The number of hydrogen-bond acceptors (Lipinski definition) is 3. The third kappa shape index (κ3) is 3.16. The van der Waals surface area contributed by atoms with Crippen LogP contribution < -0.4 is 5.32 Å². The highest BCUT2D eigenvalue weighted by Gasteiger charge is 2.43. The number of fused-ring (bicyclic) bond motifs is 2. The SMILES string of the molecule is CCOC(=O)N1CCC(NC(=O)[C@H]2C[C@H]3CC[C@H]2C3)CC1. The fourth-order valence-electron chi connectivity index (χ4n) is 4.30. The van der Waals surface area contributed by atoms with E-state index >= 15 is 0 Å². The first-order valence-electron chi connectivity index (χ1n) is 8.39. The number of nitrogens with one attached hydrogen (secondary N) is 1. The largest absolute Gasteiger partial charge is 0.450 e. The van der Waals surface area contributed by atoms with Crippen LogP contribution in [0, 0.1) is 17.8 Å². The summed E-state index contributed by atoms with van der Waals surface area (Å²) >= 11 is 0. The molecule has 0 aromatic rings. The van der Waals surface area contributed by atoms with Gasteiger partial charge in [0.05, 0.1) is 6.61 Å². The minimum Gasteiger partial charge on any atom is -0.450 e. The van der Waals surface area contributed by atoms with Crippen molar-refractivity contribution in [1.82, 2.24) is 10.2 Å². The van der Waals surface area contributed by atoms with Gasteiger partial charge in [0.25, 0.3) is 0 Å². The summed E-state index contributed by atoms with van der Waals surface area (Å²) in [5.74, 6) is 1.95. The van der Waals surface area contributed by atoms with Crippen LogP contribution in [0.1, 0.15) is 45.4 Å². The van der Waals surface area contributed by atoms with Crippen molar-refractivity contribution >= 4 is 12.0 Å². The number of piperidine rings is 1. The van der Waals surface area contributed by atoms with Crippen molar-refractivity contribution in [2.24, 2.45) is 17.8 Å². The molecule has 21 heavy (non-hydrogen) atoms. The molecule has 0 aromatic heterocycles. The molecule has 1 N–H and O–H groups in total. The van der Waals surface area contributed by atoms with E-state index in [-0.39, 0.29) is 24.0 Å². The zero-order valence-corrected chi connectivity index (χ0v) is 12.8. The van der Waals surface area contributed by atoms with Crippen molar-refractivity contribution in [2.45, 2.75) is 51.5 Å². The Morgan fingerprint density at radius 3 is 2.48 bits per heavy atom. The first kappa shape index (κ1) is 14.7. The van der Waals surface area contributed by atoms with Gasteiger partial charge in [0.1, 0.15) is 0 Å². The van der Waals surface area contributed by atoms with Crippen LogP contribution in [0.3, 0.4) is 0 Å². The van der Waals surface area contributed by atoms with Gasteiger partial charge in [-0.15, -0.1) is 0 Å². The molecule has 3 fully saturated rings. The predicted octanol–water partition coefficient (Wildman–Crippen LogP) is 2.16. The van der Waals surface area contributed by atoms with Gasteiger partial charge >= 0.3 is 6.09 Å². The van der Waals surface area contributed by atoms with Crippen LogP contribution in [0.5, 0.6) is 0 Å². The maximum absolute atomic E-state index is 12.4. The van der Waals surface area contributed by atoms with Crippen LogP contribution in [0.2, 0.25) is 0 Å². The van der Waals surface area contributed by atoms with Crippen LogP contribution in [-0.4, -0.2) is 42.6 Å².